The molecule has 1 aliphatic heterocycles. The normalized spacial score (nSPS) is 14.3. The number of rotatable bonds is 4. The van der Waals surface area contributed by atoms with Crippen LogP contribution in [0.25, 0.3) is 10.9 Å². The number of para-hydroxylation sites is 1. The van der Waals surface area contributed by atoms with E-state index in [-0.39, 0.29) is 12.5 Å². The lowest BCUT2D eigenvalue weighted by molar-refractivity contribution is 0.0945. The van der Waals surface area contributed by atoms with Crippen molar-refractivity contribution in [2.75, 3.05) is 18.0 Å². The summed E-state index contributed by atoms with van der Waals surface area (Å²) >= 11 is 0. The highest BCUT2D eigenvalue weighted by atomic mass is 16.1. The van der Waals surface area contributed by atoms with Crippen molar-refractivity contribution in [2.24, 2.45) is 0 Å². The zero-order chi connectivity index (χ0) is 18.6. The van der Waals surface area contributed by atoms with Gasteiger partial charge in [-0.15, -0.1) is 0 Å². The Morgan fingerprint density at radius 3 is 2.70 bits per heavy atom. The van der Waals surface area contributed by atoms with Gasteiger partial charge in [0.25, 0.3) is 5.91 Å². The molecule has 0 radical (unpaired) electrons. The predicted molar refractivity (Wildman–Crippen MR) is 106 cm³/mol. The molecular formula is C21H23N5O. The quantitative estimate of drug-likeness (QED) is 0.772. The van der Waals surface area contributed by atoms with E-state index < -0.39 is 0 Å². The average Bonchev–Trinajstić information content (AvgIpc) is 2.72. The van der Waals surface area contributed by atoms with E-state index in [1.165, 1.54) is 19.3 Å². The lowest BCUT2D eigenvalue weighted by Crippen LogP contribution is -2.31. The maximum atomic E-state index is 12.5. The summed E-state index contributed by atoms with van der Waals surface area (Å²) in [7, 11) is 0. The number of anilines is 1. The molecule has 1 aromatic carbocycles. The molecule has 6 heteroatoms. The molecule has 1 N–H and O–H groups in total. The molecule has 4 rings (SSSR count). The summed E-state index contributed by atoms with van der Waals surface area (Å²) in [4.78, 5) is 28.4. The van der Waals surface area contributed by atoms with Crippen LogP contribution >= 0.6 is 0 Å². The summed E-state index contributed by atoms with van der Waals surface area (Å²) in [5.74, 6) is 1.37. The highest BCUT2D eigenvalue weighted by Crippen LogP contribution is 2.18. The number of hydrogen-bond donors (Lipinski definition) is 1. The van der Waals surface area contributed by atoms with Crippen LogP contribution < -0.4 is 10.2 Å². The number of fused-ring (bicyclic) bond motifs is 1. The van der Waals surface area contributed by atoms with Gasteiger partial charge in [-0.05, 0) is 38.3 Å². The fourth-order valence-electron chi connectivity index (χ4n) is 3.42. The van der Waals surface area contributed by atoms with Gasteiger partial charge in [-0.1, -0.05) is 24.3 Å². The number of benzene rings is 1. The Morgan fingerprint density at radius 2 is 1.85 bits per heavy atom. The zero-order valence-corrected chi connectivity index (χ0v) is 15.5. The van der Waals surface area contributed by atoms with E-state index in [9.17, 15) is 4.79 Å². The Bertz CT molecular complexity index is 966. The van der Waals surface area contributed by atoms with E-state index in [1.54, 1.807) is 6.07 Å². The van der Waals surface area contributed by atoms with Gasteiger partial charge in [0.15, 0.2) is 0 Å². The Kier molecular flexibility index (Phi) is 4.96. The van der Waals surface area contributed by atoms with Crippen LogP contribution in [0.3, 0.4) is 0 Å². The molecule has 6 nitrogen and oxygen atoms in total. The highest BCUT2D eigenvalue weighted by Gasteiger charge is 2.15. The fraction of sp³-hybridized carbons (Fsp3) is 0.333. The van der Waals surface area contributed by atoms with Crippen LogP contribution in [0.1, 0.15) is 41.3 Å². The van der Waals surface area contributed by atoms with Crippen molar-refractivity contribution in [3.8, 4) is 0 Å². The number of aromatic nitrogens is 3. The molecule has 1 saturated heterocycles. The number of aryl methyl sites for hydroxylation is 1. The lowest BCUT2D eigenvalue weighted by Gasteiger charge is -2.28. The summed E-state index contributed by atoms with van der Waals surface area (Å²) in [5.41, 5.74) is 2.13. The first-order chi connectivity index (χ1) is 13.2. The number of hydrogen-bond acceptors (Lipinski definition) is 5. The fourth-order valence-corrected chi connectivity index (χ4v) is 3.42. The molecule has 138 valence electrons. The third-order valence-electron chi connectivity index (χ3n) is 4.81. The third kappa shape index (κ3) is 4.05. The number of nitrogens with zero attached hydrogens (tertiary/aromatic N) is 4. The van der Waals surface area contributed by atoms with Crippen LogP contribution in [0, 0.1) is 6.92 Å². The molecule has 1 fully saturated rings. The van der Waals surface area contributed by atoms with Crippen molar-refractivity contribution >= 4 is 22.6 Å². The second-order valence-corrected chi connectivity index (χ2v) is 6.90. The summed E-state index contributed by atoms with van der Waals surface area (Å²) in [6.45, 7) is 4.31. The molecule has 1 amide bonds. The summed E-state index contributed by atoms with van der Waals surface area (Å²) < 4.78 is 0. The first-order valence-corrected chi connectivity index (χ1v) is 9.42. The molecule has 0 bridgehead atoms. The van der Waals surface area contributed by atoms with Crippen molar-refractivity contribution in [3.63, 3.8) is 0 Å². The first kappa shape index (κ1) is 17.4. The summed E-state index contributed by atoms with van der Waals surface area (Å²) in [6, 6.07) is 13.4. The molecule has 0 aliphatic carbocycles. The lowest BCUT2D eigenvalue weighted by atomic mass is 10.1. The number of nitrogens with one attached hydrogen (secondary N) is 1. The van der Waals surface area contributed by atoms with Gasteiger partial charge in [-0.2, -0.15) is 0 Å². The molecule has 27 heavy (non-hydrogen) atoms. The van der Waals surface area contributed by atoms with Crippen LogP contribution in [-0.4, -0.2) is 33.9 Å². The minimum Gasteiger partial charge on any atom is -0.357 e. The zero-order valence-electron chi connectivity index (χ0n) is 15.5. The monoisotopic (exact) mass is 361 g/mol. The smallest absolute Gasteiger partial charge is 0.270 e. The van der Waals surface area contributed by atoms with Gasteiger partial charge < -0.3 is 10.2 Å². The van der Waals surface area contributed by atoms with E-state index in [4.69, 9.17) is 0 Å². The Hall–Kier alpha value is -3.02. The number of carbonyl (C=O) groups is 1. The van der Waals surface area contributed by atoms with Crippen LogP contribution in [0.5, 0.6) is 0 Å². The van der Waals surface area contributed by atoms with Crippen LogP contribution in [0.15, 0.2) is 42.5 Å². The SMILES string of the molecule is Cc1cc(N2CCCCC2)nc(CNC(=O)c2ccc3ccccc3n2)n1. The molecule has 3 heterocycles. The molecule has 2 aromatic heterocycles. The number of carbonyl (C=O) groups excluding carboxylic acids is 1. The standard InChI is InChI=1S/C21H23N5O/c1-15-13-20(26-11-5-2-6-12-26)25-19(23-15)14-22-21(27)18-10-9-16-7-3-4-8-17(16)24-18/h3-4,7-10,13H,2,5-6,11-12,14H2,1H3,(H,22,27). The molecule has 0 unspecified atom stereocenters. The third-order valence-corrected chi connectivity index (χ3v) is 4.81. The van der Waals surface area contributed by atoms with Gasteiger partial charge in [0, 0.05) is 30.2 Å². The second kappa shape index (κ2) is 7.70. The van der Waals surface area contributed by atoms with Crippen molar-refractivity contribution < 1.29 is 4.79 Å². The van der Waals surface area contributed by atoms with E-state index >= 15 is 0 Å². The Morgan fingerprint density at radius 1 is 1.04 bits per heavy atom. The van der Waals surface area contributed by atoms with Gasteiger partial charge in [0.2, 0.25) is 0 Å². The Balaban J connectivity index is 1.47. The maximum Gasteiger partial charge on any atom is 0.270 e. The predicted octanol–water partition coefficient (Wildman–Crippen LogP) is 3.25. The van der Waals surface area contributed by atoms with Crippen LogP contribution in [0.4, 0.5) is 5.82 Å². The van der Waals surface area contributed by atoms with E-state index in [2.05, 4.69) is 25.2 Å². The van der Waals surface area contributed by atoms with Gasteiger partial charge in [-0.3, -0.25) is 4.79 Å². The molecule has 3 aromatic rings. The van der Waals surface area contributed by atoms with Crippen molar-refractivity contribution in [1.82, 2.24) is 20.3 Å². The minimum atomic E-state index is -0.217. The van der Waals surface area contributed by atoms with Crippen molar-refractivity contribution in [2.45, 2.75) is 32.7 Å². The largest absolute Gasteiger partial charge is 0.357 e. The minimum absolute atomic E-state index is 0.217. The van der Waals surface area contributed by atoms with Crippen LogP contribution in [-0.2, 0) is 6.54 Å². The van der Waals surface area contributed by atoms with Gasteiger partial charge in [0.05, 0.1) is 12.1 Å². The van der Waals surface area contributed by atoms with Gasteiger partial charge in [0.1, 0.15) is 17.3 Å². The molecule has 1 aliphatic rings. The van der Waals surface area contributed by atoms with E-state index in [0.717, 1.165) is 35.5 Å². The summed E-state index contributed by atoms with van der Waals surface area (Å²) in [6.07, 6.45) is 3.67. The number of piperidine rings is 1. The molecule has 0 atom stereocenters. The van der Waals surface area contributed by atoms with Crippen molar-refractivity contribution in [3.05, 3.63) is 59.7 Å². The summed E-state index contributed by atoms with van der Waals surface area (Å²) in [5, 5.41) is 3.91. The Labute approximate surface area is 158 Å². The maximum absolute atomic E-state index is 12.5. The van der Waals surface area contributed by atoms with Gasteiger partial charge in [-0.25, -0.2) is 15.0 Å². The second-order valence-electron chi connectivity index (χ2n) is 6.90. The van der Waals surface area contributed by atoms with Crippen molar-refractivity contribution in [1.29, 1.82) is 0 Å². The van der Waals surface area contributed by atoms with E-state index in [1.807, 2.05) is 43.3 Å². The average molecular weight is 361 g/mol. The highest BCUT2D eigenvalue weighted by molar-refractivity contribution is 5.94. The van der Waals surface area contributed by atoms with Crippen LogP contribution in [0.2, 0.25) is 0 Å². The molecular weight excluding hydrogens is 338 g/mol. The first-order valence-electron chi connectivity index (χ1n) is 9.42. The molecule has 0 saturated carbocycles. The topological polar surface area (TPSA) is 71.0 Å². The van der Waals surface area contributed by atoms with Gasteiger partial charge >= 0.3 is 0 Å². The number of amides is 1. The van der Waals surface area contributed by atoms with E-state index in [0.29, 0.717) is 11.5 Å². The number of pyridine rings is 1. The molecule has 0 spiro atoms.